The van der Waals surface area contributed by atoms with Crippen LogP contribution in [0, 0.1) is 5.82 Å². The van der Waals surface area contributed by atoms with E-state index in [-0.39, 0.29) is 5.82 Å². The number of hydrogen-bond donors (Lipinski definition) is 0. The minimum atomic E-state index is -0.0431. The molecule has 0 aliphatic rings. The van der Waals surface area contributed by atoms with E-state index < -0.39 is 0 Å². The molecule has 0 bridgehead atoms. The minimum absolute atomic E-state index is 0.0431. The summed E-state index contributed by atoms with van der Waals surface area (Å²) >= 11 is 0. The fourth-order valence-corrected chi connectivity index (χ4v) is 2.50. The molecule has 0 atom stereocenters. The summed E-state index contributed by atoms with van der Waals surface area (Å²) in [6.07, 6.45) is 14.2. The van der Waals surface area contributed by atoms with Gasteiger partial charge in [0, 0.05) is 0 Å². The third-order valence-electron chi connectivity index (χ3n) is 3.76. The van der Waals surface area contributed by atoms with Crippen molar-refractivity contribution in [3.05, 3.63) is 35.6 Å². The van der Waals surface area contributed by atoms with Crippen LogP contribution in [0.2, 0.25) is 0 Å². The maximum Gasteiger partial charge on any atom is 0.126 e. The van der Waals surface area contributed by atoms with E-state index in [9.17, 15) is 4.39 Å². The van der Waals surface area contributed by atoms with Gasteiger partial charge in [0.25, 0.3) is 0 Å². The van der Waals surface area contributed by atoms with Crippen LogP contribution in [0.4, 0.5) is 4.39 Å². The fourth-order valence-electron chi connectivity index (χ4n) is 2.50. The number of halogens is 1. The van der Waals surface area contributed by atoms with Crippen LogP contribution in [0.5, 0.6) is 0 Å². The van der Waals surface area contributed by atoms with Crippen molar-refractivity contribution in [1.82, 2.24) is 0 Å². The summed E-state index contributed by atoms with van der Waals surface area (Å²) in [5.74, 6) is -0.0431. The van der Waals surface area contributed by atoms with Gasteiger partial charge in [0.05, 0.1) is 0 Å². The van der Waals surface area contributed by atoms with Crippen LogP contribution in [0.1, 0.15) is 76.7 Å². The summed E-state index contributed by atoms with van der Waals surface area (Å²) in [6.45, 7) is 2.26. The average molecular weight is 264 g/mol. The zero-order valence-electron chi connectivity index (χ0n) is 12.5. The zero-order valence-corrected chi connectivity index (χ0v) is 12.5. The van der Waals surface area contributed by atoms with Gasteiger partial charge in [-0.05, 0) is 24.5 Å². The van der Waals surface area contributed by atoms with Crippen LogP contribution in [0.15, 0.2) is 24.3 Å². The van der Waals surface area contributed by atoms with E-state index >= 15 is 0 Å². The lowest BCUT2D eigenvalue weighted by atomic mass is 10.0. The van der Waals surface area contributed by atoms with Gasteiger partial charge in [-0.3, -0.25) is 0 Å². The highest BCUT2D eigenvalue weighted by molar-refractivity contribution is 5.17. The Morgan fingerprint density at radius 1 is 0.737 bits per heavy atom. The van der Waals surface area contributed by atoms with Crippen molar-refractivity contribution < 1.29 is 4.39 Å². The van der Waals surface area contributed by atoms with Crippen LogP contribution in [-0.2, 0) is 6.42 Å². The smallest absolute Gasteiger partial charge is 0.126 e. The lowest BCUT2D eigenvalue weighted by molar-refractivity contribution is 0.551. The van der Waals surface area contributed by atoms with E-state index in [2.05, 4.69) is 6.92 Å². The second-order valence-electron chi connectivity index (χ2n) is 5.52. The third kappa shape index (κ3) is 8.02. The van der Waals surface area contributed by atoms with E-state index in [1.165, 1.54) is 57.8 Å². The molecule has 1 rings (SSSR count). The first-order chi connectivity index (χ1) is 9.34. The second kappa shape index (κ2) is 11.0. The Kier molecular flexibility index (Phi) is 9.40. The topological polar surface area (TPSA) is 0 Å². The first-order valence-corrected chi connectivity index (χ1v) is 8.08. The molecule has 1 aromatic rings. The van der Waals surface area contributed by atoms with Crippen LogP contribution < -0.4 is 0 Å². The summed E-state index contributed by atoms with van der Waals surface area (Å²) in [4.78, 5) is 0. The van der Waals surface area contributed by atoms with Gasteiger partial charge in [-0.25, -0.2) is 4.39 Å². The molecule has 0 aliphatic heterocycles. The second-order valence-corrected chi connectivity index (χ2v) is 5.52. The molecule has 1 heteroatoms. The van der Waals surface area contributed by atoms with Crippen molar-refractivity contribution in [2.45, 2.75) is 77.6 Å². The summed E-state index contributed by atoms with van der Waals surface area (Å²) in [7, 11) is 0. The molecule has 19 heavy (non-hydrogen) atoms. The molecular formula is C18H29F. The highest BCUT2D eigenvalue weighted by atomic mass is 19.1. The van der Waals surface area contributed by atoms with Gasteiger partial charge >= 0.3 is 0 Å². The van der Waals surface area contributed by atoms with Crippen molar-refractivity contribution in [1.29, 1.82) is 0 Å². The monoisotopic (exact) mass is 264 g/mol. The Balaban J connectivity index is 1.90. The number of benzene rings is 1. The van der Waals surface area contributed by atoms with Gasteiger partial charge in [0.1, 0.15) is 5.82 Å². The number of aryl methyl sites for hydroxylation is 1. The predicted molar refractivity (Wildman–Crippen MR) is 81.9 cm³/mol. The molecule has 0 heterocycles. The number of hydrogen-bond acceptors (Lipinski definition) is 0. The third-order valence-corrected chi connectivity index (χ3v) is 3.76. The van der Waals surface area contributed by atoms with Gasteiger partial charge in [-0.1, -0.05) is 82.9 Å². The Morgan fingerprint density at radius 3 is 1.84 bits per heavy atom. The molecule has 1 aromatic carbocycles. The van der Waals surface area contributed by atoms with Gasteiger partial charge in [0.15, 0.2) is 0 Å². The Morgan fingerprint density at radius 2 is 1.26 bits per heavy atom. The molecule has 0 amide bonds. The number of unbranched alkanes of at least 4 members (excludes halogenated alkanes) is 9. The van der Waals surface area contributed by atoms with E-state index in [0.29, 0.717) is 0 Å². The van der Waals surface area contributed by atoms with Gasteiger partial charge < -0.3 is 0 Å². The van der Waals surface area contributed by atoms with Crippen molar-refractivity contribution in [3.8, 4) is 0 Å². The fraction of sp³-hybridized carbons (Fsp3) is 0.667. The quantitative estimate of drug-likeness (QED) is 0.412. The number of rotatable bonds is 11. The van der Waals surface area contributed by atoms with E-state index in [4.69, 9.17) is 0 Å². The molecule has 108 valence electrons. The standard InChI is InChI=1S/C18H29F/c1-2-3-4-5-6-7-8-9-10-11-14-17-15-12-13-16-18(17)19/h12-13,15-16H,2-11,14H2,1H3. The molecule has 0 aromatic heterocycles. The van der Waals surface area contributed by atoms with Crippen molar-refractivity contribution in [2.75, 3.05) is 0 Å². The molecule has 0 spiro atoms. The first kappa shape index (κ1) is 16.2. The molecule has 0 fully saturated rings. The normalized spacial score (nSPS) is 10.8. The Labute approximate surface area is 118 Å². The maximum atomic E-state index is 13.4. The SMILES string of the molecule is CCCCCCCCCCCCc1ccccc1F. The molecule has 0 N–H and O–H groups in total. The van der Waals surface area contributed by atoms with Crippen molar-refractivity contribution in [3.63, 3.8) is 0 Å². The Bertz CT molecular complexity index is 319. The van der Waals surface area contributed by atoms with Gasteiger partial charge in [0.2, 0.25) is 0 Å². The summed E-state index contributed by atoms with van der Waals surface area (Å²) in [5, 5.41) is 0. The molecule has 0 aliphatic carbocycles. The van der Waals surface area contributed by atoms with Crippen LogP contribution in [0.3, 0.4) is 0 Å². The van der Waals surface area contributed by atoms with E-state index in [1.807, 2.05) is 12.1 Å². The van der Waals surface area contributed by atoms with Crippen LogP contribution in [-0.4, -0.2) is 0 Å². The summed E-state index contributed by atoms with van der Waals surface area (Å²) < 4.78 is 13.4. The minimum Gasteiger partial charge on any atom is -0.207 e. The maximum absolute atomic E-state index is 13.4. The highest BCUT2D eigenvalue weighted by Crippen LogP contribution is 2.13. The molecular weight excluding hydrogens is 235 g/mol. The molecule has 0 saturated heterocycles. The first-order valence-electron chi connectivity index (χ1n) is 8.08. The largest absolute Gasteiger partial charge is 0.207 e. The zero-order chi connectivity index (χ0) is 13.8. The van der Waals surface area contributed by atoms with Gasteiger partial charge in [-0.2, -0.15) is 0 Å². The average Bonchev–Trinajstić information content (AvgIpc) is 2.43. The summed E-state index contributed by atoms with van der Waals surface area (Å²) in [6, 6.07) is 7.15. The van der Waals surface area contributed by atoms with E-state index in [1.54, 1.807) is 12.1 Å². The molecule has 0 saturated carbocycles. The van der Waals surface area contributed by atoms with Gasteiger partial charge in [-0.15, -0.1) is 0 Å². The van der Waals surface area contributed by atoms with Crippen molar-refractivity contribution >= 4 is 0 Å². The summed E-state index contributed by atoms with van der Waals surface area (Å²) in [5.41, 5.74) is 0.877. The van der Waals surface area contributed by atoms with Crippen LogP contribution >= 0.6 is 0 Å². The van der Waals surface area contributed by atoms with E-state index in [0.717, 1.165) is 18.4 Å². The van der Waals surface area contributed by atoms with Crippen LogP contribution in [0.25, 0.3) is 0 Å². The van der Waals surface area contributed by atoms with Crippen molar-refractivity contribution in [2.24, 2.45) is 0 Å². The predicted octanol–water partition coefficient (Wildman–Crippen LogP) is 6.29. The lowest BCUT2D eigenvalue weighted by Crippen LogP contribution is -1.90. The Hall–Kier alpha value is -0.850. The molecule has 0 nitrogen and oxygen atoms in total. The molecule has 0 radical (unpaired) electrons. The molecule has 0 unspecified atom stereocenters. The lowest BCUT2D eigenvalue weighted by Gasteiger charge is -2.04. The highest BCUT2D eigenvalue weighted by Gasteiger charge is 1.99.